The van der Waals surface area contributed by atoms with E-state index < -0.39 is 0 Å². The fourth-order valence-corrected chi connectivity index (χ4v) is 3.33. The van der Waals surface area contributed by atoms with E-state index in [1.165, 1.54) is 61.6 Å². The first kappa shape index (κ1) is 19.3. The van der Waals surface area contributed by atoms with Gasteiger partial charge in [-0.1, -0.05) is 87.6 Å². The van der Waals surface area contributed by atoms with Gasteiger partial charge >= 0.3 is 0 Å². The second kappa shape index (κ2) is 10.0. The standard InChI is InChI=1S/C25H30N2/c1-3-4-5-6-7-8-9-21-10-12-22(13-11-21)23-14-16-24(17-15-23)25-26-18-20(2)19-27-25/h10-19H,3-9H2,1-2H3. The summed E-state index contributed by atoms with van der Waals surface area (Å²) >= 11 is 0. The lowest BCUT2D eigenvalue weighted by Crippen LogP contribution is -1.89. The summed E-state index contributed by atoms with van der Waals surface area (Å²) in [6.07, 6.45) is 13.0. The third kappa shape index (κ3) is 5.75. The van der Waals surface area contributed by atoms with Gasteiger partial charge in [-0.05, 0) is 42.0 Å². The summed E-state index contributed by atoms with van der Waals surface area (Å²) in [4.78, 5) is 8.81. The zero-order valence-corrected chi connectivity index (χ0v) is 16.6. The largest absolute Gasteiger partial charge is 0.236 e. The van der Waals surface area contributed by atoms with Crippen molar-refractivity contribution < 1.29 is 0 Å². The number of nitrogens with zero attached hydrogens (tertiary/aromatic N) is 2. The Kier molecular flexibility index (Phi) is 7.15. The van der Waals surface area contributed by atoms with Crippen LogP contribution in [0.2, 0.25) is 0 Å². The Bertz CT molecular complexity index is 802. The van der Waals surface area contributed by atoms with Gasteiger partial charge in [0.2, 0.25) is 0 Å². The van der Waals surface area contributed by atoms with Gasteiger partial charge in [0.05, 0.1) is 0 Å². The van der Waals surface area contributed by atoms with Gasteiger partial charge in [0.15, 0.2) is 5.82 Å². The van der Waals surface area contributed by atoms with E-state index in [-0.39, 0.29) is 0 Å². The third-order valence-electron chi connectivity index (χ3n) is 5.03. The van der Waals surface area contributed by atoms with Crippen LogP contribution in [0.1, 0.15) is 56.6 Å². The van der Waals surface area contributed by atoms with Crippen molar-refractivity contribution in [3.63, 3.8) is 0 Å². The van der Waals surface area contributed by atoms with Crippen LogP contribution in [0.5, 0.6) is 0 Å². The molecule has 1 aromatic heterocycles. The highest BCUT2D eigenvalue weighted by Crippen LogP contribution is 2.24. The van der Waals surface area contributed by atoms with Gasteiger partial charge in [0.25, 0.3) is 0 Å². The van der Waals surface area contributed by atoms with E-state index in [2.05, 4.69) is 65.4 Å². The van der Waals surface area contributed by atoms with Crippen molar-refractivity contribution in [1.29, 1.82) is 0 Å². The maximum atomic E-state index is 4.40. The Morgan fingerprint density at radius 2 is 1.15 bits per heavy atom. The van der Waals surface area contributed by atoms with Crippen LogP contribution in [0.15, 0.2) is 60.9 Å². The van der Waals surface area contributed by atoms with Crippen LogP contribution in [0, 0.1) is 6.92 Å². The minimum atomic E-state index is 0.779. The molecule has 3 rings (SSSR count). The van der Waals surface area contributed by atoms with Crippen LogP contribution in [0.4, 0.5) is 0 Å². The molecule has 0 bridgehead atoms. The van der Waals surface area contributed by atoms with Crippen LogP contribution < -0.4 is 0 Å². The zero-order chi connectivity index (χ0) is 18.9. The summed E-state index contributed by atoms with van der Waals surface area (Å²) in [5.74, 6) is 0.779. The summed E-state index contributed by atoms with van der Waals surface area (Å²) in [5.41, 5.74) is 6.07. The first-order chi connectivity index (χ1) is 13.3. The molecule has 0 N–H and O–H groups in total. The molecule has 27 heavy (non-hydrogen) atoms. The summed E-state index contributed by atoms with van der Waals surface area (Å²) in [5, 5.41) is 0. The smallest absolute Gasteiger partial charge is 0.159 e. The highest BCUT2D eigenvalue weighted by Gasteiger charge is 2.03. The van der Waals surface area contributed by atoms with Gasteiger partial charge in [-0.2, -0.15) is 0 Å². The molecule has 0 aliphatic rings. The molecule has 0 saturated carbocycles. The Morgan fingerprint density at radius 3 is 1.78 bits per heavy atom. The third-order valence-corrected chi connectivity index (χ3v) is 5.03. The topological polar surface area (TPSA) is 25.8 Å². The minimum absolute atomic E-state index is 0.779. The van der Waals surface area contributed by atoms with Crippen molar-refractivity contribution in [3.05, 3.63) is 72.1 Å². The number of hydrogen-bond donors (Lipinski definition) is 0. The molecule has 140 valence electrons. The van der Waals surface area contributed by atoms with Crippen molar-refractivity contribution in [1.82, 2.24) is 9.97 Å². The predicted molar refractivity (Wildman–Crippen MR) is 115 cm³/mol. The van der Waals surface area contributed by atoms with E-state index in [0.717, 1.165) is 17.0 Å². The number of hydrogen-bond acceptors (Lipinski definition) is 2. The molecule has 0 amide bonds. The lowest BCUT2D eigenvalue weighted by molar-refractivity contribution is 0.607. The van der Waals surface area contributed by atoms with Gasteiger partial charge in [0, 0.05) is 18.0 Å². The molecule has 2 heteroatoms. The summed E-state index contributed by atoms with van der Waals surface area (Å²) in [6.45, 7) is 4.27. The molecule has 2 aromatic carbocycles. The monoisotopic (exact) mass is 358 g/mol. The molecular formula is C25H30N2. The van der Waals surface area contributed by atoms with E-state index in [1.54, 1.807) is 0 Å². The van der Waals surface area contributed by atoms with E-state index >= 15 is 0 Å². The number of aryl methyl sites for hydroxylation is 2. The van der Waals surface area contributed by atoms with E-state index in [9.17, 15) is 0 Å². The maximum absolute atomic E-state index is 4.40. The Labute approximate surface area is 163 Å². The fraction of sp³-hybridized carbons (Fsp3) is 0.360. The highest BCUT2D eigenvalue weighted by molar-refractivity contribution is 5.67. The van der Waals surface area contributed by atoms with Crippen LogP contribution in [0.3, 0.4) is 0 Å². The average molecular weight is 359 g/mol. The molecule has 0 spiro atoms. The van der Waals surface area contributed by atoms with Crippen molar-refractivity contribution in [2.75, 3.05) is 0 Å². The quantitative estimate of drug-likeness (QED) is 0.384. The van der Waals surface area contributed by atoms with Crippen LogP contribution in [0.25, 0.3) is 22.5 Å². The molecule has 3 aromatic rings. The molecule has 0 unspecified atom stereocenters. The van der Waals surface area contributed by atoms with Crippen molar-refractivity contribution in [3.8, 4) is 22.5 Å². The molecule has 0 radical (unpaired) electrons. The molecule has 0 fully saturated rings. The van der Waals surface area contributed by atoms with Gasteiger partial charge in [-0.3, -0.25) is 0 Å². The lowest BCUT2D eigenvalue weighted by atomic mass is 10.00. The van der Waals surface area contributed by atoms with Gasteiger partial charge in [0.1, 0.15) is 0 Å². The van der Waals surface area contributed by atoms with Crippen LogP contribution >= 0.6 is 0 Å². The number of unbranched alkanes of at least 4 members (excludes halogenated alkanes) is 5. The van der Waals surface area contributed by atoms with Crippen LogP contribution in [-0.4, -0.2) is 9.97 Å². The van der Waals surface area contributed by atoms with Gasteiger partial charge in [-0.15, -0.1) is 0 Å². The normalized spacial score (nSPS) is 10.9. The predicted octanol–water partition coefficient (Wildman–Crippen LogP) is 7.02. The van der Waals surface area contributed by atoms with Crippen molar-refractivity contribution >= 4 is 0 Å². The number of rotatable bonds is 9. The minimum Gasteiger partial charge on any atom is -0.236 e. The van der Waals surface area contributed by atoms with Gasteiger partial charge < -0.3 is 0 Å². The van der Waals surface area contributed by atoms with E-state index in [1.807, 2.05) is 19.3 Å². The molecule has 0 atom stereocenters. The average Bonchev–Trinajstić information content (AvgIpc) is 2.72. The second-order valence-electron chi connectivity index (χ2n) is 7.38. The number of benzene rings is 2. The van der Waals surface area contributed by atoms with Crippen molar-refractivity contribution in [2.45, 2.75) is 58.8 Å². The molecule has 0 aliphatic carbocycles. The Morgan fingerprint density at radius 1 is 0.630 bits per heavy atom. The molecular weight excluding hydrogens is 328 g/mol. The summed E-state index contributed by atoms with van der Waals surface area (Å²) in [6, 6.07) is 17.5. The fourth-order valence-electron chi connectivity index (χ4n) is 3.33. The van der Waals surface area contributed by atoms with E-state index in [4.69, 9.17) is 0 Å². The molecule has 2 nitrogen and oxygen atoms in total. The molecule has 1 heterocycles. The summed E-state index contributed by atoms with van der Waals surface area (Å²) < 4.78 is 0. The highest BCUT2D eigenvalue weighted by atomic mass is 14.9. The van der Waals surface area contributed by atoms with Crippen LogP contribution in [-0.2, 0) is 6.42 Å². The molecule has 0 aliphatic heterocycles. The SMILES string of the molecule is CCCCCCCCc1ccc(-c2ccc(-c3ncc(C)cn3)cc2)cc1. The second-order valence-corrected chi connectivity index (χ2v) is 7.38. The summed E-state index contributed by atoms with van der Waals surface area (Å²) in [7, 11) is 0. The molecule has 0 saturated heterocycles. The Hall–Kier alpha value is -2.48. The van der Waals surface area contributed by atoms with Gasteiger partial charge in [-0.25, -0.2) is 9.97 Å². The maximum Gasteiger partial charge on any atom is 0.159 e. The lowest BCUT2D eigenvalue weighted by Gasteiger charge is -2.06. The number of aromatic nitrogens is 2. The van der Waals surface area contributed by atoms with E-state index in [0.29, 0.717) is 0 Å². The first-order valence-electron chi connectivity index (χ1n) is 10.2. The van der Waals surface area contributed by atoms with Crippen molar-refractivity contribution in [2.24, 2.45) is 0 Å². The zero-order valence-electron chi connectivity index (χ0n) is 16.6. The Balaban J connectivity index is 1.56. The first-order valence-corrected chi connectivity index (χ1v) is 10.2.